The molecule has 0 aromatic heterocycles. The van der Waals surface area contributed by atoms with Gasteiger partial charge >= 0.3 is 0 Å². The molecule has 1 saturated carbocycles. The molecule has 3 atom stereocenters. The summed E-state index contributed by atoms with van der Waals surface area (Å²) in [6, 6.07) is -0.0248. The van der Waals surface area contributed by atoms with Crippen molar-refractivity contribution in [2.45, 2.75) is 64.5 Å². The number of aliphatic hydroxyl groups is 1. The molecule has 0 radical (unpaired) electrons. The van der Waals surface area contributed by atoms with Crippen LogP contribution >= 0.6 is 0 Å². The second-order valence-electron chi connectivity index (χ2n) is 4.47. The average molecular weight is 268 g/mol. The van der Waals surface area contributed by atoms with E-state index in [1.165, 1.54) is 0 Å². The highest BCUT2D eigenvalue weighted by Crippen LogP contribution is 2.29. The van der Waals surface area contributed by atoms with Crippen LogP contribution in [0.15, 0.2) is 10.2 Å². The summed E-state index contributed by atoms with van der Waals surface area (Å²) in [6.07, 6.45) is 5.11. The maximum absolute atomic E-state index is 9.71. The smallest absolute Gasteiger partial charge is 0.0599 e. The number of hydrogen-bond acceptors (Lipinski definition) is 3. The van der Waals surface area contributed by atoms with Crippen LogP contribution in [-0.4, -0.2) is 23.8 Å². The van der Waals surface area contributed by atoms with Crippen molar-refractivity contribution in [2.24, 2.45) is 16.1 Å². The molecule has 0 aliphatic heterocycles. The Hall–Kier alpha value is -1.42. The normalized spacial score (nSPS) is 23.7. The first kappa shape index (κ1) is 17.6. The lowest BCUT2D eigenvalue weighted by molar-refractivity contribution is 0.139. The van der Waals surface area contributed by atoms with Crippen LogP contribution in [0.1, 0.15) is 52.4 Å². The van der Waals surface area contributed by atoms with Crippen LogP contribution < -0.4 is 0 Å². The van der Waals surface area contributed by atoms with Crippen LogP contribution in [0.3, 0.4) is 0 Å². The standard InChI is InChI=1S/C10H18N6O.C2H6/c11-15-13-7-9(17)6-8-4-2-1-3-5-10(8)14-16-12;1-2/h8-10,17H,1-7H2;1-2H3/t8-,9?,10+;/m0./s1. The molecule has 1 N–H and O–H groups in total. The Bertz CT molecular complexity index is 322. The summed E-state index contributed by atoms with van der Waals surface area (Å²) in [5, 5.41) is 16.9. The maximum Gasteiger partial charge on any atom is 0.0599 e. The molecule has 19 heavy (non-hydrogen) atoms. The Morgan fingerprint density at radius 3 is 2.47 bits per heavy atom. The molecule has 1 rings (SSSR count). The molecule has 0 bridgehead atoms. The minimum Gasteiger partial charge on any atom is -0.393 e. The lowest BCUT2D eigenvalue weighted by Gasteiger charge is -2.22. The summed E-state index contributed by atoms with van der Waals surface area (Å²) >= 11 is 0. The van der Waals surface area contributed by atoms with Crippen molar-refractivity contribution in [3.8, 4) is 0 Å². The lowest BCUT2D eigenvalue weighted by atomic mass is 9.90. The Morgan fingerprint density at radius 1 is 1.16 bits per heavy atom. The fourth-order valence-corrected chi connectivity index (χ4v) is 2.41. The van der Waals surface area contributed by atoms with Gasteiger partial charge in [-0.05, 0) is 36.2 Å². The van der Waals surface area contributed by atoms with Crippen LogP contribution in [0.4, 0.5) is 0 Å². The molecule has 108 valence electrons. The SMILES string of the molecule is CC.[N-]=[N+]=NCC(O)C[C@@H]1CCCCC[C@H]1N=[N+]=[N-]. The Labute approximate surface area is 114 Å². The third kappa shape index (κ3) is 7.57. The molecule has 0 amide bonds. The van der Waals surface area contributed by atoms with Crippen LogP contribution in [0.25, 0.3) is 20.9 Å². The number of rotatable bonds is 5. The Balaban J connectivity index is 0.00000154. The van der Waals surface area contributed by atoms with Gasteiger partial charge in [0, 0.05) is 15.9 Å². The van der Waals surface area contributed by atoms with Crippen LogP contribution in [0.5, 0.6) is 0 Å². The van der Waals surface area contributed by atoms with Gasteiger partial charge in [0.15, 0.2) is 0 Å². The lowest BCUT2D eigenvalue weighted by Crippen LogP contribution is -2.24. The predicted octanol–water partition coefficient (Wildman–Crippen LogP) is 4.33. The summed E-state index contributed by atoms with van der Waals surface area (Å²) in [7, 11) is 0. The largest absolute Gasteiger partial charge is 0.393 e. The summed E-state index contributed by atoms with van der Waals surface area (Å²) in [4.78, 5) is 5.51. The molecule has 7 heteroatoms. The van der Waals surface area contributed by atoms with E-state index < -0.39 is 6.10 Å². The number of aliphatic hydroxyl groups excluding tert-OH is 1. The van der Waals surface area contributed by atoms with Crippen molar-refractivity contribution >= 4 is 0 Å². The van der Waals surface area contributed by atoms with E-state index in [1.807, 2.05) is 13.8 Å². The van der Waals surface area contributed by atoms with Gasteiger partial charge in [-0.15, -0.1) is 0 Å². The quantitative estimate of drug-likeness (QED) is 0.339. The zero-order valence-electron chi connectivity index (χ0n) is 11.8. The number of nitrogens with zero attached hydrogens (tertiary/aromatic N) is 6. The van der Waals surface area contributed by atoms with Crippen molar-refractivity contribution in [1.82, 2.24) is 0 Å². The van der Waals surface area contributed by atoms with E-state index in [4.69, 9.17) is 11.1 Å². The summed E-state index contributed by atoms with van der Waals surface area (Å²) < 4.78 is 0. The van der Waals surface area contributed by atoms with Gasteiger partial charge in [-0.25, -0.2) is 0 Å². The zero-order chi connectivity index (χ0) is 14.5. The molecule has 1 aliphatic rings. The maximum atomic E-state index is 9.71. The molecular formula is C12H24N6O. The molecule has 0 aromatic rings. The van der Waals surface area contributed by atoms with E-state index >= 15 is 0 Å². The topological polar surface area (TPSA) is 118 Å². The van der Waals surface area contributed by atoms with Gasteiger partial charge in [0.2, 0.25) is 0 Å². The first-order valence-electron chi connectivity index (χ1n) is 7.01. The molecular weight excluding hydrogens is 244 g/mol. The second kappa shape index (κ2) is 11.7. The van der Waals surface area contributed by atoms with Gasteiger partial charge in [0.05, 0.1) is 12.6 Å². The molecule has 1 fully saturated rings. The van der Waals surface area contributed by atoms with Crippen LogP contribution in [0.2, 0.25) is 0 Å². The Kier molecular flexibility index (Phi) is 10.8. The van der Waals surface area contributed by atoms with E-state index in [2.05, 4.69) is 20.1 Å². The minimum atomic E-state index is -0.634. The summed E-state index contributed by atoms with van der Waals surface area (Å²) in [5.41, 5.74) is 16.7. The molecule has 0 saturated heterocycles. The van der Waals surface area contributed by atoms with E-state index in [0.29, 0.717) is 6.42 Å². The third-order valence-electron chi connectivity index (χ3n) is 3.25. The molecule has 0 spiro atoms. The van der Waals surface area contributed by atoms with Gasteiger partial charge in [0.25, 0.3) is 0 Å². The first-order chi connectivity index (χ1) is 9.27. The third-order valence-corrected chi connectivity index (χ3v) is 3.25. The van der Waals surface area contributed by atoms with E-state index in [-0.39, 0.29) is 18.5 Å². The fraction of sp³-hybridized carbons (Fsp3) is 1.00. The number of hydrogen-bond donors (Lipinski definition) is 1. The molecule has 1 aliphatic carbocycles. The van der Waals surface area contributed by atoms with Crippen molar-refractivity contribution in [3.63, 3.8) is 0 Å². The van der Waals surface area contributed by atoms with E-state index in [9.17, 15) is 5.11 Å². The fourth-order valence-electron chi connectivity index (χ4n) is 2.41. The van der Waals surface area contributed by atoms with Crippen molar-refractivity contribution in [1.29, 1.82) is 0 Å². The predicted molar refractivity (Wildman–Crippen MR) is 75.5 cm³/mol. The van der Waals surface area contributed by atoms with Gasteiger partial charge in [-0.2, -0.15) is 0 Å². The second-order valence-corrected chi connectivity index (χ2v) is 4.47. The van der Waals surface area contributed by atoms with Gasteiger partial charge in [-0.3, -0.25) is 0 Å². The van der Waals surface area contributed by atoms with Gasteiger partial charge in [-0.1, -0.05) is 43.3 Å². The summed E-state index contributed by atoms with van der Waals surface area (Å²) in [5.74, 6) is 0.206. The monoisotopic (exact) mass is 268 g/mol. The van der Waals surface area contributed by atoms with E-state index in [1.54, 1.807) is 0 Å². The van der Waals surface area contributed by atoms with Crippen molar-refractivity contribution in [3.05, 3.63) is 20.9 Å². The van der Waals surface area contributed by atoms with Crippen molar-refractivity contribution < 1.29 is 5.11 Å². The average Bonchev–Trinajstić information content (AvgIpc) is 2.65. The highest BCUT2D eigenvalue weighted by atomic mass is 16.3. The zero-order valence-corrected chi connectivity index (χ0v) is 11.8. The van der Waals surface area contributed by atoms with Crippen LogP contribution in [-0.2, 0) is 0 Å². The number of azide groups is 2. The van der Waals surface area contributed by atoms with Gasteiger partial charge < -0.3 is 5.11 Å². The minimum absolute atomic E-state index is 0.0248. The van der Waals surface area contributed by atoms with E-state index in [0.717, 1.165) is 32.1 Å². The molecule has 0 aromatic carbocycles. The molecule has 1 unspecified atom stereocenters. The van der Waals surface area contributed by atoms with Gasteiger partial charge in [0.1, 0.15) is 0 Å². The van der Waals surface area contributed by atoms with Crippen LogP contribution in [0, 0.1) is 5.92 Å². The van der Waals surface area contributed by atoms with Crippen molar-refractivity contribution in [2.75, 3.05) is 6.54 Å². The molecule has 7 nitrogen and oxygen atoms in total. The Morgan fingerprint density at radius 2 is 1.84 bits per heavy atom. The first-order valence-corrected chi connectivity index (χ1v) is 7.01. The molecule has 0 heterocycles. The summed E-state index contributed by atoms with van der Waals surface area (Å²) in [6.45, 7) is 4.09. The highest BCUT2D eigenvalue weighted by molar-refractivity contribution is 4.82. The highest BCUT2D eigenvalue weighted by Gasteiger charge is 2.24.